The maximum Gasteiger partial charge on any atom is 0.182 e. The van der Waals surface area contributed by atoms with Gasteiger partial charge in [-0.2, -0.15) is 0 Å². The number of phenols is 1. The Hall–Kier alpha value is -2.73. The molecule has 0 radical (unpaired) electrons. The molecule has 106 valence electrons. The van der Waals surface area contributed by atoms with Crippen molar-refractivity contribution in [1.82, 2.24) is 9.38 Å². The number of phenolic OH excluding ortho intramolecular Hbond substituents is 1. The number of aromatic nitrogens is 2. The largest absolute Gasteiger partial charge is 0.508 e. The van der Waals surface area contributed by atoms with Gasteiger partial charge in [0.05, 0.1) is 18.0 Å². The molecule has 0 amide bonds. The minimum absolute atomic E-state index is 0.0211. The highest BCUT2D eigenvalue weighted by Crippen LogP contribution is 2.24. The van der Waals surface area contributed by atoms with Crippen molar-refractivity contribution in [2.24, 2.45) is 10.2 Å². The first-order valence-electron chi connectivity index (χ1n) is 6.46. The number of aliphatic hydroxyl groups excluding tert-OH is 1. The van der Waals surface area contributed by atoms with Crippen LogP contribution in [-0.2, 0) is 6.61 Å². The third kappa shape index (κ3) is 2.61. The Bertz CT molecular complexity index is 806. The Morgan fingerprint density at radius 2 is 1.90 bits per heavy atom. The molecule has 0 bridgehead atoms. The number of aliphatic hydroxyl groups is 1. The van der Waals surface area contributed by atoms with Crippen molar-refractivity contribution in [2.75, 3.05) is 0 Å². The van der Waals surface area contributed by atoms with E-state index in [1.165, 1.54) is 0 Å². The number of aromatic hydroxyl groups is 1. The highest BCUT2D eigenvalue weighted by atomic mass is 16.3. The summed E-state index contributed by atoms with van der Waals surface area (Å²) in [4.78, 5) is 4.41. The van der Waals surface area contributed by atoms with Gasteiger partial charge in [-0.05, 0) is 48.9 Å². The van der Waals surface area contributed by atoms with Gasteiger partial charge >= 0.3 is 0 Å². The third-order valence-corrected chi connectivity index (χ3v) is 3.13. The molecule has 2 N–H and O–H groups in total. The van der Waals surface area contributed by atoms with Crippen molar-refractivity contribution in [3.05, 3.63) is 53.9 Å². The molecule has 21 heavy (non-hydrogen) atoms. The molecule has 3 aromatic rings. The Morgan fingerprint density at radius 3 is 2.62 bits per heavy atom. The van der Waals surface area contributed by atoms with E-state index < -0.39 is 0 Å². The van der Waals surface area contributed by atoms with Crippen LogP contribution in [0.25, 0.3) is 5.65 Å². The third-order valence-electron chi connectivity index (χ3n) is 3.13. The minimum atomic E-state index is -0.0211. The van der Waals surface area contributed by atoms with Gasteiger partial charge in [0.2, 0.25) is 0 Å². The lowest BCUT2D eigenvalue weighted by molar-refractivity contribution is 0.282. The van der Waals surface area contributed by atoms with Gasteiger partial charge in [-0.25, -0.2) is 4.98 Å². The van der Waals surface area contributed by atoms with Crippen LogP contribution in [0.1, 0.15) is 11.3 Å². The van der Waals surface area contributed by atoms with E-state index in [9.17, 15) is 5.11 Å². The molecule has 0 fully saturated rings. The standard InChI is InChI=1S/C15H14N4O2/c1-10-15(18-17-12-2-4-13(21)5-3-12)19-7-6-11(9-20)8-14(19)16-10/h2-8,20-21H,9H2,1H3. The number of hydrogen-bond acceptors (Lipinski definition) is 5. The molecule has 1 aromatic carbocycles. The zero-order valence-electron chi connectivity index (χ0n) is 11.4. The summed E-state index contributed by atoms with van der Waals surface area (Å²) in [5.41, 5.74) is 2.93. The van der Waals surface area contributed by atoms with Crippen LogP contribution in [0.2, 0.25) is 0 Å². The first kappa shape index (κ1) is 13.3. The van der Waals surface area contributed by atoms with Crippen LogP contribution in [0.5, 0.6) is 5.75 Å². The Morgan fingerprint density at radius 1 is 1.14 bits per heavy atom. The summed E-state index contributed by atoms with van der Waals surface area (Å²) in [7, 11) is 0. The number of nitrogens with zero attached hydrogens (tertiary/aromatic N) is 4. The second-order valence-corrected chi connectivity index (χ2v) is 4.66. The van der Waals surface area contributed by atoms with Gasteiger partial charge in [-0.15, -0.1) is 10.2 Å². The minimum Gasteiger partial charge on any atom is -0.508 e. The summed E-state index contributed by atoms with van der Waals surface area (Å²) in [6, 6.07) is 10.1. The second kappa shape index (κ2) is 5.34. The van der Waals surface area contributed by atoms with Gasteiger partial charge in [0.1, 0.15) is 11.4 Å². The lowest BCUT2D eigenvalue weighted by Crippen LogP contribution is -1.88. The van der Waals surface area contributed by atoms with Crippen molar-refractivity contribution in [1.29, 1.82) is 0 Å². The van der Waals surface area contributed by atoms with Crippen molar-refractivity contribution >= 4 is 17.2 Å². The van der Waals surface area contributed by atoms with Gasteiger partial charge in [0, 0.05) is 6.20 Å². The molecule has 6 nitrogen and oxygen atoms in total. The zero-order chi connectivity index (χ0) is 14.8. The number of rotatable bonds is 3. The zero-order valence-corrected chi connectivity index (χ0v) is 11.4. The molecule has 0 aliphatic carbocycles. The predicted molar refractivity (Wildman–Crippen MR) is 78.1 cm³/mol. The SMILES string of the molecule is Cc1nc2cc(CO)ccn2c1N=Nc1ccc(O)cc1. The predicted octanol–water partition coefficient (Wildman–Crippen LogP) is 3.26. The summed E-state index contributed by atoms with van der Waals surface area (Å²) < 4.78 is 1.82. The summed E-state index contributed by atoms with van der Waals surface area (Å²) in [6.07, 6.45) is 1.81. The number of benzene rings is 1. The van der Waals surface area contributed by atoms with E-state index >= 15 is 0 Å². The van der Waals surface area contributed by atoms with Gasteiger partial charge in [0.25, 0.3) is 0 Å². The lowest BCUT2D eigenvalue weighted by atomic mass is 10.3. The van der Waals surface area contributed by atoms with E-state index in [1.54, 1.807) is 24.3 Å². The molecular formula is C15H14N4O2. The fourth-order valence-corrected chi connectivity index (χ4v) is 2.03. The van der Waals surface area contributed by atoms with Crippen LogP contribution in [0, 0.1) is 6.92 Å². The van der Waals surface area contributed by atoms with Crippen molar-refractivity contribution in [3.63, 3.8) is 0 Å². The van der Waals surface area contributed by atoms with E-state index in [0.29, 0.717) is 11.5 Å². The van der Waals surface area contributed by atoms with E-state index in [-0.39, 0.29) is 12.4 Å². The molecule has 0 atom stereocenters. The van der Waals surface area contributed by atoms with Crippen molar-refractivity contribution in [3.8, 4) is 5.75 Å². The van der Waals surface area contributed by atoms with Crippen LogP contribution >= 0.6 is 0 Å². The molecule has 6 heteroatoms. The molecular weight excluding hydrogens is 268 g/mol. The maximum absolute atomic E-state index is 9.24. The summed E-state index contributed by atoms with van der Waals surface area (Å²) in [5.74, 6) is 0.832. The van der Waals surface area contributed by atoms with Crippen LogP contribution in [-0.4, -0.2) is 19.6 Å². The van der Waals surface area contributed by atoms with Crippen LogP contribution < -0.4 is 0 Å². The number of hydrogen-bond donors (Lipinski definition) is 2. The molecule has 0 unspecified atom stereocenters. The monoisotopic (exact) mass is 282 g/mol. The van der Waals surface area contributed by atoms with Gasteiger partial charge in [-0.1, -0.05) is 0 Å². The molecule has 0 aliphatic heterocycles. The highest BCUT2D eigenvalue weighted by Gasteiger charge is 2.08. The smallest absolute Gasteiger partial charge is 0.182 e. The van der Waals surface area contributed by atoms with Gasteiger partial charge in [-0.3, -0.25) is 4.40 Å². The van der Waals surface area contributed by atoms with Crippen molar-refractivity contribution in [2.45, 2.75) is 13.5 Å². The fourth-order valence-electron chi connectivity index (χ4n) is 2.03. The highest BCUT2D eigenvalue weighted by molar-refractivity contribution is 5.53. The molecule has 0 saturated carbocycles. The molecule has 0 aliphatic rings. The first-order valence-corrected chi connectivity index (χ1v) is 6.46. The van der Waals surface area contributed by atoms with E-state index in [0.717, 1.165) is 16.9 Å². The lowest BCUT2D eigenvalue weighted by Gasteiger charge is -1.99. The fraction of sp³-hybridized carbons (Fsp3) is 0.133. The Labute approximate surface area is 121 Å². The van der Waals surface area contributed by atoms with E-state index in [2.05, 4.69) is 15.2 Å². The van der Waals surface area contributed by atoms with E-state index in [1.807, 2.05) is 29.7 Å². The molecule has 2 aromatic heterocycles. The Balaban J connectivity index is 2.00. The van der Waals surface area contributed by atoms with Gasteiger partial charge < -0.3 is 10.2 Å². The average Bonchev–Trinajstić information content (AvgIpc) is 2.81. The van der Waals surface area contributed by atoms with Crippen LogP contribution in [0.4, 0.5) is 11.5 Å². The molecule has 0 saturated heterocycles. The number of azo groups is 1. The topological polar surface area (TPSA) is 82.5 Å². The molecule has 0 spiro atoms. The van der Waals surface area contributed by atoms with Crippen molar-refractivity contribution < 1.29 is 10.2 Å². The molecule has 2 heterocycles. The maximum atomic E-state index is 9.24. The number of imidazole rings is 1. The summed E-state index contributed by atoms with van der Waals surface area (Å²) in [6.45, 7) is 1.84. The van der Waals surface area contributed by atoms with E-state index in [4.69, 9.17) is 5.11 Å². The van der Waals surface area contributed by atoms with Crippen LogP contribution in [0.15, 0.2) is 52.8 Å². The van der Waals surface area contributed by atoms with Gasteiger partial charge in [0.15, 0.2) is 5.82 Å². The quantitative estimate of drug-likeness (QED) is 0.723. The number of pyridine rings is 1. The summed E-state index contributed by atoms with van der Waals surface area (Å²) in [5, 5.41) is 26.8. The molecule has 3 rings (SSSR count). The van der Waals surface area contributed by atoms with Crippen LogP contribution in [0.3, 0.4) is 0 Å². The Kier molecular flexibility index (Phi) is 3.37. The number of aryl methyl sites for hydroxylation is 1. The number of fused-ring (bicyclic) bond motifs is 1. The average molecular weight is 282 g/mol. The summed E-state index contributed by atoms with van der Waals surface area (Å²) >= 11 is 0. The normalized spacial score (nSPS) is 11.5. The first-order chi connectivity index (χ1) is 10.2. The second-order valence-electron chi connectivity index (χ2n) is 4.66.